The maximum Gasteiger partial charge on any atom is 0.0232 e. The molecule has 0 saturated carbocycles. The molecule has 2 rings (SSSR count). The van der Waals surface area contributed by atoms with Gasteiger partial charge in [-0.15, -0.1) is 0 Å². The van der Waals surface area contributed by atoms with Crippen LogP contribution in [0.15, 0.2) is 0 Å². The lowest BCUT2D eigenvalue weighted by Crippen LogP contribution is -2.58. The maximum atomic E-state index is 3.81. The van der Waals surface area contributed by atoms with Gasteiger partial charge in [-0.25, -0.2) is 0 Å². The molecule has 94 valence electrons. The molecule has 0 aromatic heterocycles. The van der Waals surface area contributed by atoms with Crippen molar-refractivity contribution in [2.45, 2.75) is 65.6 Å². The molecule has 2 aliphatic heterocycles. The predicted octanol–water partition coefficient (Wildman–Crippen LogP) is 2.49. The Morgan fingerprint density at radius 2 is 1.62 bits per heavy atom. The van der Waals surface area contributed by atoms with Gasteiger partial charge in [-0.1, -0.05) is 20.8 Å². The van der Waals surface area contributed by atoms with Gasteiger partial charge in [0.25, 0.3) is 0 Å². The Morgan fingerprint density at radius 1 is 1.00 bits per heavy atom. The summed E-state index contributed by atoms with van der Waals surface area (Å²) in [4.78, 5) is 2.66. The van der Waals surface area contributed by atoms with Crippen molar-refractivity contribution in [3.05, 3.63) is 0 Å². The van der Waals surface area contributed by atoms with Crippen LogP contribution in [0.1, 0.15) is 48.0 Å². The second kappa shape index (κ2) is 3.71. The number of likely N-dealkylation sites (tertiary alicyclic amines) is 1. The molecule has 0 amide bonds. The zero-order valence-electron chi connectivity index (χ0n) is 11.8. The van der Waals surface area contributed by atoms with Crippen LogP contribution in [0, 0.1) is 11.3 Å². The summed E-state index contributed by atoms with van der Waals surface area (Å²) >= 11 is 0. The second-order valence-electron chi connectivity index (χ2n) is 7.75. The van der Waals surface area contributed by atoms with Crippen molar-refractivity contribution >= 4 is 0 Å². The molecule has 2 fully saturated rings. The molecule has 0 radical (unpaired) electrons. The molecular formula is C14H28N2. The highest BCUT2D eigenvalue weighted by Crippen LogP contribution is 2.40. The van der Waals surface area contributed by atoms with Crippen molar-refractivity contribution in [3.8, 4) is 0 Å². The quantitative estimate of drug-likeness (QED) is 0.680. The molecule has 2 heterocycles. The minimum Gasteiger partial charge on any atom is -0.308 e. The summed E-state index contributed by atoms with van der Waals surface area (Å²) in [5.74, 6) is 0.838. The Bertz CT molecular complexity index is 257. The topological polar surface area (TPSA) is 15.3 Å². The van der Waals surface area contributed by atoms with Gasteiger partial charge in [-0.2, -0.15) is 0 Å². The van der Waals surface area contributed by atoms with E-state index in [0.29, 0.717) is 17.0 Å². The van der Waals surface area contributed by atoms with E-state index in [0.717, 1.165) is 12.0 Å². The van der Waals surface area contributed by atoms with Gasteiger partial charge in [0.1, 0.15) is 0 Å². The van der Waals surface area contributed by atoms with E-state index in [1.807, 2.05) is 0 Å². The third kappa shape index (κ3) is 2.28. The van der Waals surface area contributed by atoms with Crippen LogP contribution < -0.4 is 5.32 Å². The minimum atomic E-state index is 0.325. The third-order valence-electron chi connectivity index (χ3n) is 4.39. The second-order valence-corrected chi connectivity index (χ2v) is 7.75. The molecule has 0 aromatic rings. The molecule has 3 atom stereocenters. The van der Waals surface area contributed by atoms with Crippen LogP contribution >= 0.6 is 0 Å². The van der Waals surface area contributed by atoms with Gasteiger partial charge in [-0.3, -0.25) is 4.90 Å². The molecule has 0 aliphatic carbocycles. The van der Waals surface area contributed by atoms with E-state index in [4.69, 9.17) is 0 Å². The number of nitrogens with one attached hydrogen (secondary N) is 1. The first-order valence-electron chi connectivity index (χ1n) is 6.69. The lowest BCUT2D eigenvalue weighted by atomic mass is 9.76. The molecular weight excluding hydrogens is 196 g/mol. The highest BCUT2D eigenvalue weighted by molar-refractivity contribution is 5.03. The summed E-state index contributed by atoms with van der Waals surface area (Å²) < 4.78 is 0. The van der Waals surface area contributed by atoms with Crippen LogP contribution in [0.25, 0.3) is 0 Å². The van der Waals surface area contributed by atoms with Crippen LogP contribution in [0.5, 0.6) is 0 Å². The monoisotopic (exact) mass is 224 g/mol. The van der Waals surface area contributed by atoms with Crippen molar-refractivity contribution in [1.82, 2.24) is 10.2 Å². The van der Waals surface area contributed by atoms with E-state index in [-0.39, 0.29) is 0 Å². The Hall–Kier alpha value is -0.0800. The Labute approximate surface area is 101 Å². The average Bonchev–Trinajstić information content (AvgIpc) is 2.38. The van der Waals surface area contributed by atoms with Gasteiger partial charge in [0.15, 0.2) is 0 Å². The normalized spacial score (nSPS) is 36.8. The van der Waals surface area contributed by atoms with Gasteiger partial charge in [-0.05, 0) is 38.5 Å². The Kier molecular flexibility index (Phi) is 2.87. The summed E-state index contributed by atoms with van der Waals surface area (Å²) in [5, 5.41) is 3.81. The van der Waals surface area contributed by atoms with Crippen molar-refractivity contribution in [2.24, 2.45) is 11.3 Å². The van der Waals surface area contributed by atoms with Crippen molar-refractivity contribution in [1.29, 1.82) is 0 Å². The van der Waals surface area contributed by atoms with Crippen LogP contribution in [-0.2, 0) is 0 Å². The summed E-state index contributed by atoms with van der Waals surface area (Å²) in [7, 11) is 0. The molecule has 2 heteroatoms. The summed E-state index contributed by atoms with van der Waals surface area (Å²) in [6.07, 6.45) is 1.36. The third-order valence-corrected chi connectivity index (χ3v) is 4.39. The minimum absolute atomic E-state index is 0.325. The summed E-state index contributed by atoms with van der Waals surface area (Å²) in [6, 6.07) is 1.43. The average molecular weight is 224 g/mol. The van der Waals surface area contributed by atoms with E-state index >= 15 is 0 Å². The first-order chi connectivity index (χ1) is 7.18. The fraction of sp³-hybridized carbons (Fsp3) is 1.00. The van der Waals surface area contributed by atoms with Crippen LogP contribution in [0.3, 0.4) is 0 Å². The molecule has 3 unspecified atom stereocenters. The summed E-state index contributed by atoms with van der Waals surface area (Å²) in [5.41, 5.74) is 0.770. The van der Waals surface area contributed by atoms with Crippen LogP contribution in [0.4, 0.5) is 0 Å². The van der Waals surface area contributed by atoms with Gasteiger partial charge >= 0.3 is 0 Å². The zero-order chi connectivity index (χ0) is 12.1. The Morgan fingerprint density at radius 3 is 2.12 bits per heavy atom. The fourth-order valence-corrected chi connectivity index (χ4v) is 3.35. The van der Waals surface area contributed by atoms with Crippen molar-refractivity contribution < 1.29 is 0 Å². The van der Waals surface area contributed by atoms with Crippen LogP contribution in [-0.4, -0.2) is 35.6 Å². The molecule has 2 bridgehead atoms. The maximum absolute atomic E-state index is 3.81. The first-order valence-corrected chi connectivity index (χ1v) is 6.69. The lowest BCUT2D eigenvalue weighted by molar-refractivity contribution is 0.0805. The van der Waals surface area contributed by atoms with E-state index in [1.54, 1.807) is 0 Å². The van der Waals surface area contributed by atoms with Crippen molar-refractivity contribution in [3.63, 3.8) is 0 Å². The number of hydrogen-bond donors (Lipinski definition) is 1. The number of hydrogen-bond acceptors (Lipinski definition) is 2. The van der Waals surface area contributed by atoms with Crippen molar-refractivity contribution in [2.75, 3.05) is 13.1 Å². The first kappa shape index (κ1) is 12.4. The molecule has 2 nitrogen and oxygen atoms in total. The molecule has 2 aliphatic rings. The molecule has 0 aromatic carbocycles. The molecule has 0 spiro atoms. The SMILES string of the molecule is CC(C)(C)C1CC2CN(C(C)(C)C)CC1N2. The highest BCUT2D eigenvalue weighted by Gasteiger charge is 2.46. The van der Waals surface area contributed by atoms with Gasteiger partial charge in [0.2, 0.25) is 0 Å². The predicted molar refractivity (Wildman–Crippen MR) is 69.6 cm³/mol. The Balaban J connectivity index is 2.10. The molecule has 2 saturated heterocycles. The standard InChI is InChI=1S/C14H28N2/c1-13(2,3)11-7-10-8-16(14(4,5)6)9-12(11)15-10/h10-12,15H,7-9H2,1-6H3. The van der Waals surface area contributed by atoms with Gasteiger partial charge in [0.05, 0.1) is 0 Å². The number of fused-ring (bicyclic) bond motifs is 2. The summed E-state index contributed by atoms with van der Waals surface area (Å²) in [6.45, 7) is 16.6. The highest BCUT2D eigenvalue weighted by atomic mass is 15.3. The smallest absolute Gasteiger partial charge is 0.0232 e. The van der Waals surface area contributed by atoms with E-state index in [9.17, 15) is 0 Å². The largest absolute Gasteiger partial charge is 0.308 e. The number of piperazine rings is 1. The number of nitrogens with zero attached hydrogens (tertiary/aromatic N) is 1. The van der Waals surface area contributed by atoms with E-state index in [2.05, 4.69) is 51.8 Å². The number of rotatable bonds is 0. The van der Waals surface area contributed by atoms with Gasteiger partial charge in [0, 0.05) is 30.7 Å². The van der Waals surface area contributed by atoms with E-state index < -0.39 is 0 Å². The lowest BCUT2D eigenvalue weighted by Gasteiger charge is -2.43. The molecule has 1 N–H and O–H groups in total. The van der Waals surface area contributed by atoms with E-state index in [1.165, 1.54) is 19.5 Å². The molecule has 16 heavy (non-hydrogen) atoms. The van der Waals surface area contributed by atoms with Gasteiger partial charge < -0.3 is 5.32 Å². The van der Waals surface area contributed by atoms with Crippen LogP contribution in [0.2, 0.25) is 0 Å². The zero-order valence-corrected chi connectivity index (χ0v) is 11.8. The fourth-order valence-electron chi connectivity index (χ4n) is 3.35.